The zero-order chi connectivity index (χ0) is 20.7. The molecule has 0 atom stereocenters. The normalized spacial score (nSPS) is 11.2. The molecule has 1 amide bonds. The van der Waals surface area contributed by atoms with Crippen LogP contribution in [0.5, 0.6) is 11.5 Å². The summed E-state index contributed by atoms with van der Waals surface area (Å²) in [5.74, 6) is 0.0855. The Balaban J connectivity index is 2.13. The second-order valence-electron chi connectivity index (χ2n) is 6.11. The van der Waals surface area contributed by atoms with Crippen molar-refractivity contribution in [2.24, 2.45) is 0 Å². The minimum atomic E-state index is -4.54. The number of anilines is 1. The Hall–Kier alpha value is -2.74. The van der Waals surface area contributed by atoms with E-state index in [2.05, 4.69) is 5.32 Å². The van der Waals surface area contributed by atoms with Crippen LogP contribution in [0.25, 0.3) is 0 Å². The number of benzene rings is 2. The molecule has 0 saturated carbocycles. The Kier molecular flexibility index (Phi) is 7.28. The molecule has 0 heterocycles. The molecule has 2 rings (SSSR count). The summed E-state index contributed by atoms with van der Waals surface area (Å²) < 4.78 is 54.8. The zero-order valence-corrected chi connectivity index (χ0v) is 15.9. The lowest BCUT2D eigenvalue weighted by Crippen LogP contribution is -2.22. The summed E-state index contributed by atoms with van der Waals surface area (Å²) in [5, 5.41) is 2.43. The highest BCUT2D eigenvalue weighted by Gasteiger charge is 2.31. The van der Waals surface area contributed by atoms with E-state index in [0.29, 0.717) is 5.75 Å². The Labute approximate surface area is 161 Å². The van der Waals surface area contributed by atoms with Crippen molar-refractivity contribution < 1.29 is 32.2 Å². The quantitative estimate of drug-likeness (QED) is 0.673. The van der Waals surface area contributed by atoms with Gasteiger partial charge in [0.2, 0.25) is 0 Å². The van der Waals surface area contributed by atoms with E-state index < -0.39 is 17.6 Å². The Morgan fingerprint density at radius 2 is 1.71 bits per heavy atom. The van der Waals surface area contributed by atoms with Crippen LogP contribution in [0.15, 0.2) is 36.4 Å². The number of hydrogen-bond acceptors (Lipinski definition) is 4. The van der Waals surface area contributed by atoms with E-state index in [9.17, 15) is 18.0 Å². The topological polar surface area (TPSA) is 56.8 Å². The first-order chi connectivity index (χ1) is 13.2. The summed E-state index contributed by atoms with van der Waals surface area (Å²) in [5.41, 5.74) is 0.740. The fourth-order valence-corrected chi connectivity index (χ4v) is 2.52. The van der Waals surface area contributed by atoms with E-state index >= 15 is 0 Å². The van der Waals surface area contributed by atoms with Crippen LogP contribution in [0.3, 0.4) is 0 Å². The first kappa shape index (κ1) is 21.6. The summed E-state index contributed by atoms with van der Waals surface area (Å²) in [4.78, 5) is 12.3. The molecule has 28 heavy (non-hydrogen) atoms. The molecule has 8 heteroatoms. The van der Waals surface area contributed by atoms with E-state index in [-0.39, 0.29) is 31.3 Å². The Morgan fingerprint density at radius 3 is 2.32 bits per heavy atom. The average molecular weight is 397 g/mol. The molecule has 0 unspecified atom stereocenters. The largest absolute Gasteiger partial charge is 0.489 e. The first-order valence-electron chi connectivity index (χ1n) is 8.54. The van der Waals surface area contributed by atoms with Gasteiger partial charge in [-0.25, -0.2) is 0 Å². The maximum absolute atomic E-state index is 13.0. The van der Waals surface area contributed by atoms with Crippen molar-refractivity contribution in [3.05, 3.63) is 53.1 Å². The Bertz CT molecular complexity index is 801. The molecule has 0 aromatic heterocycles. The lowest BCUT2D eigenvalue weighted by Gasteiger charge is -2.16. The number of rotatable bonds is 8. The predicted octanol–water partition coefficient (Wildman–Crippen LogP) is 4.36. The van der Waals surface area contributed by atoms with Crippen molar-refractivity contribution >= 4 is 11.6 Å². The van der Waals surface area contributed by atoms with Gasteiger partial charge in [0.05, 0.1) is 17.9 Å². The third kappa shape index (κ3) is 5.88. The number of amides is 1. The molecule has 0 bridgehead atoms. The number of halogens is 3. The van der Waals surface area contributed by atoms with Gasteiger partial charge in [-0.3, -0.25) is 4.79 Å². The molecule has 0 saturated heterocycles. The smallest absolute Gasteiger partial charge is 0.416 e. The highest BCUT2D eigenvalue weighted by atomic mass is 19.4. The highest BCUT2D eigenvalue weighted by Crippen LogP contribution is 2.35. The zero-order valence-electron chi connectivity index (χ0n) is 15.9. The van der Waals surface area contributed by atoms with E-state index in [1.165, 1.54) is 13.2 Å². The summed E-state index contributed by atoms with van der Waals surface area (Å²) in [6, 6.07) is 8.44. The molecule has 0 spiro atoms. The van der Waals surface area contributed by atoms with Crippen molar-refractivity contribution in [3.63, 3.8) is 0 Å². The summed E-state index contributed by atoms with van der Waals surface area (Å²) in [7, 11) is 1.48. The minimum Gasteiger partial charge on any atom is -0.489 e. The number of carbonyl (C=O) groups excluding carboxylic acids is 1. The van der Waals surface area contributed by atoms with Gasteiger partial charge in [-0.2, -0.15) is 13.2 Å². The number of alkyl halides is 3. The Morgan fingerprint density at radius 1 is 1.04 bits per heavy atom. The van der Waals surface area contributed by atoms with E-state index in [4.69, 9.17) is 14.2 Å². The second-order valence-corrected chi connectivity index (χ2v) is 6.11. The van der Waals surface area contributed by atoms with Crippen LogP contribution in [0.4, 0.5) is 18.9 Å². The summed E-state index contributed by atoms with van der Waals surface area (Å²) >= 11 is 0. The maximum Gasteiger partial charge on any atom is 0.416 e. The van der Waals surface area contributed by atoms with Gasteiger partial charge in [0, 0.05) is 7.11 Å². The number of para-hydroxylation sites is 1. The molecule has 5 nitrogen and oxygen atoms in total. The number of hydrogen-bond donors (Lipinski definition) is 1. The molecule has 2 aromatic carbocycles. The molecule has 2 aromatic rings. The van der Waals surface area contributed by atoms with Gasteiger partial charge in [0.1, 0.15) is 18.1 Å². The molecular formula is C20H22F3NO4. The standard InChI is InChI=1S/C20H22F3NO4/c1-13-5-4-6-14(2)19(13)28-12-18(25)24-16-11-15(20(21,22)23)7-8-17(16)27-10-9-26-3/h4-8,11H,9-10,12H2,1-3H3,(H,24,25). The monoisotopic (exact) mass is 397 g/mol. The molecule has 152 valence electrons. The number of nitrogens with one attached hydrogen (secondary N) is 1. The maximum atomic E-state index is 13.0. The van der Waals surface area contributed by atoms with E-state index in [0.717, 1.165) is 23.3 Å². The van der Waals surface area contributed by atoms with Gasteiger partial charge in [0.25, 0.3) is 5.91 Å². The molecule has 1 N–H and O–H groups in total. The molecular weight excluding hydrogens is 375 g/mol. The molecule has 0 aliphatic rings. The SMILES string of the molecule is COCCOc1ccc(C(F)(F)F)cc1NC(=O)COc1c(C)cccc1C. The van der Waals surface area contributed by atoms with Crippen molar-refractivity contribution in [2.75, 3.05) is 32.2 Å². The van der Waals surface area contributed by atoms with Crippen LogP contribution < -0.4 is 14.8 Å². The molecule has 0 aliphatic carbocycles. The lowest BCUT2D eigenvalue weighted by molar-refractivity contribution is -0.137. The molecule has 0 radical (unpaired) electrons. The average Bonchev–Trinajstić information content (AvgIpc) is 2.61. The highest BCUT2D eigenvalue weighted by molar-refractivity contribution is 5.93. The van der Waals surface area contributed by atoms with Crippen molar-refractivity contribution in [3.8, 4) is 11.5 Å². The van der Waals surface area contributed by atoms with Gasteiger partial charge >= 0.3 is 6.18 Å². The molecule has 0 fully saturated rings. The van der Waals surface area contributed by atoms with E-state index in [1.54, 1.807) is 0 Å². The third-order valence-corrected chi connectivity index (χ3v) is 3.88. The van der Waals surface area contributed by atoms with Crippen molar-refractivity contribution in [2.45, 2.75) is 20.0 Å². The predicted molar refractivity (Wildman–Crippen MR) is 98.9 cm³/mol. The van der Waals surface area contributed by atoms with Crippen LogP contribution in [-0.4, -0.2) is 32.8 Å². The summed E-state index contributed by atoms with van der Waals surface area (Å²) in [6.07, 6.45) is -4.54. The second kappa shape index (κ2) is 9.45. The molecule has 0 aliphatic heterocycles. The van der Waals surface area contributed by atoms with Crippen molar-refractivity contribution in [1.29, 1.82) is 0 Å². The lowest BCUT2D eigenvalue weighted by atomic mass is 10.1. The van der Waals surface area contributed by atoms with Gasteiger partial charge in [0.15, 0.2) is 6.61 Å². The third-order valence-electron chi connectivity index (χ3n) is 3.88. The van der Waals surface area contributed by atoms with Crippen LogP contribution in [0, 0.1) is 13.8 Å². The number of aryl methyl sites for hydroxylation is 2. The van der Waals surface area contributed by atoms with Crippen LogP contribution >= 0.6 is 0 Å². The minimum absolute atomic E-state index is 0.0824. The van der Waals surface area contributed by atoms with Gasteiger partial charge in [-0.1, -0.05) is 18.2 Å². The first-order valence-corrected chi connectivity index (χ1v) is 8.54. The summed E-state index contributed by atoms with van der Waals surface area (Å²) in [6.45, 7) is 3.72. The van der Waals surface area contributed by atoms with Crippen LogP contribution in [0.2, 0.25) is 0 Å². The number of methoxy groups -OCH3 is 1. The van der Waals surface area contributed by atoms with Gasteiger partial charge in [-0.15, -0.1) is 0 Å². The van der Waals surface area contributed by atoms with Gasteiger partial charge in [-0.05, 0) is 43.2 Å². The van der Waals surface area contributed by atoms with E-state index in [1.807, 2.05) is 32.0 Å². The van der Waals surface area contributed by atoms with Crippen LogP contribution in [0.1, 0.15) is 16.7 Å². The fraction of sp³-hybridized carbons (Fsp3) is 0.350. The van der Waals surface area contributed by atoms with Crippen molar-refractivity contribution in [1.82, 2.24) is 0 Å². The number of carbonyl (C=O) groups is 1. The fourth-order valence-electron chi connectivity index (χ4n) is 2.52. The van der Waals surface area contributed by atoms with Crippen LogP contribution in [-0.2, 0) is 15.7 Å². The number of ether oxygens (including phenoxy) is 3. The van der Waals surface area contributed by atoms with Gasteiger partial charge < -0.3 is 19.5 Å².